The van der Waals surface area contributed by atoms with Gasteiger partial charge in [0.2, 0.25) is 0 Å². The van der Waals surface area contributed by atoms with Gasteiger partial charge < -0.3 is 10.2 Å². The van der Waals surface area contributed by atoms with E-state index in [0.29, 0.717) is 24.1 Å². The monoisotopic (exact) mass is 373 g/mol. The number of halogens is 2. The van der Waals surface area contributed by atoms with Crippen LogP contribution >= 0.6 is 24.0 Å². The summed E-state index contributed by atoms with van der Waals surface area (Å²) in [6.07, 6.45) is 4.33. The molecule has 0 aliphatic carbocycles. The van der Waals surface area contributed by atoms with Gasteiger partial charge in [0.1, 0.15) is 0 Å². The predicted octanol–water partition coefficient (Wildman–Crippen LogP) is 3.28. The third-order valence-corrected chi connectivity index (χ3v) is 5.33. The van der Waals surface area contributed by atoms with Crippen LogP contribution in [-0.2, 0) is 0 Å². The van der Waals surface area contributed by atoms with Crippen molar-refractivity contribution in [2.75, 3.05) is 26.2 Å². The van der Waals surface area contributed by atoms with Crippen LogP contribution in [0.4, 0.5) is 5.69 Å². The molecular weight excluding hydrogens is 353 g/mol. The van der Waals surface area contributed by atoms with E-state index >= 15 is 0 Å². The summed E-state index contributed by atoms with van der Waals surface area (Å²) in [5.74, 6) is -0.167. The largest absolute Gasteiger partial charge is 0.339 e. The van der Waals surface area contributed by atoms with Crippen molar-refractivity contribution in [1.82, 2.24) is 10.2 Å². The van der Waals surface area contributed by atoms with Gasteiger partial charge in [-0.25, -0.2) is 0 Å². The summed E-state index contributed by atoms with van der Waals surface area (Å²) < 4.78 is 0. The number of nitrogens with zero attached hydrogens (tertiary/aromatic N) is 2. The number of piperidine rings is 2. The van der Waals surface area contributed by atoms with E-state index in [0.717, 1.165) is 38.8 Å². The lowest BCUT2D eigenvalue weighted by molar-refractivity contribution is -0.384. The highest BCUT2D eigenvalue weighted by Gasteiger charge is 2.37. The highest BCUT2D eigenvalue weighted by atomic mass is 35.5. The first-order chi connectivity index (χ1) is 11.0. The highest BCUT2D eigenvalue weighted by Crippen LogP contribution is 2.39. The molecule has 1 N–H and O–H groups in total. The fraction of sp³-hybridized carbons (Fsp3) is 0.562. The van der Waals surface area contributed by atoms with Gasteiger partial charge in [0.15, 0.2) is 0 Å². The van der Waals surface area contributed by atoms with Crippen LogP contribution in [0, 0.1) is 15.5 Å². The number of carbonyl (C=O) groups is 1. The number of nitro benzene ring substituents is 1. The molecule has 1 spiro atoms. The Balaban J connectivity index is 0.00000208. The van der Waals surface area contributed by atoms with Crippen LogP contribution < -0.4 is 5.32 Å². The summed E-state index contributed by atoms with van der Waals surface area (Å²) in [7, 11) is 0. The SMILES string of the molecule is Cl.O=C(c1cc(Cl)cc([N+](=O)[O-])c1)N1CCC2(CCNCC2)CC1. The van der Waals surface area contributed by atoms with E-state index in [1.165, 1.54) is 18.2 Å². The zero-order valence-electron chi connectivity index (χ0n) is 13.3. The zero-order valence-corrected chi connectivity index (χ0v) is 14.9. The van der Waals surface area contributed by atoms with Crippen molar-refractivity contribution in [3.63, 3.8) is 0 Å². The van der Waals surface area contributed by atoms with Crippen LogP contribution in [0.5, 0.6) is 0 Å². The minimum absolute atomic E-state index is 0. The molecule has 2 saturated heterocycles. The van der Waals surface area contributed by atoms with Crippen LogP contribution in [0.2, 0.25) is 5.02 Å². The Morgan fingerprint density at radius 1 is 1.17 bits per heavy atom. The molecule has 0 radical (unpaired) electrons. The Morgan fingerprint density at radius 3 is 2.38 bits per heavy atom. The molecular formula is C16H21Cl2N3O3. The second kappa shape index (κ2) is 7.68. The van der Waals surface area contributed by atoms with Crippen molar-refractivity contribution in [3.05, 3.63) is 38.9 Å². The van der Waals surface area contributed by atoms with Crippen molar-refractivity contribution in [3.8, 4) is 0 Å². The molecule has 6 nitrogen and oxygen atoms in total. The molecule has 2 aliphatic heterocycles. The molecule has 1 aromatic rings. The van der Waals surface area contributed by atoms with Crippen molar-refractivity contribution < 1.29 is 9.72 Å². The molecule has 2 heterocycles. The van der Waals surface area contributed by atoms with Gasteiger partial charge >= 0.3 is 0 Å². The maximum absolute atomic E-state index is 12.6. The molecule has 8 heteroatoms. The van der Waals surface area contributed by atoms with Crippen LogP contribution in [0.15, 0.2) is 18.2 Å². The topological polar surface area (TPSA) is 75.5 Å². The fourth-order valence-electron chi connectivity index (χ4n) is 3.63. The van der Waals surface area contributed by atoms with Crippen molar-refractivity contribution in [2.45, 2.75) is 25.7 Å². The molecule has 2 aliphatic rings. The highest BCUT2D eigenvalue weighted by molar-refractivity contribution is 6.31. The average Bonchev–Trinajstić information content (AvgIpc) is 2.55. The molecule has 1 amide bonds. The lowest BCUT2D eigenvalue weighted by Gasteiger charge is -2.44. The molecule has 0 bridgehead atoms. The molecule has 0 aromatic heterocycles. The Kier molecular flexibility index (Phi) is 6.06. The van der Waals surface area contributed by atoms with E-state index < -0.39 is 4.92 Å². The molecule has 0 saturated carbocycles. The summed E-state index contributed by atoms with van der Waals surface area (Å²) in [4.78, 5) is 24.8. The number of non-ortho nitro benzene ring substituents is 1. The minimum atomic E-state index is -0.525. The lowest BCUT2D eigenvalue weighted by atomic mass is 9.71. The number of nitro groups is 1. The second-order valence-electron chi connectivity index (χ2n) is 6.50. The van der Waals surface area contributed by atoms with E-state index in [2.05, 4.69) is 5.32 Å². The van der Waals surface area contributed by atoms with Crippen LogP contribution in [0.1, 0.15) is 36.0 Å². The number of likely N-dealkylation sites (tertiary alicyclic amines) is 1. The van der Waals surface area contributed by atoms with Gasteiger partial charge in [-0.1, -0.05) is 11.6 Å². The average molecular weight is 374 g/mol. The maximum atomic E-state index is 12.6. The molecule has 132 valence electrons. The van der Waals surface area contributed by atoms with Gasteiger partial charge in [-0.2, -0.15) is 0 Å². The van der Waals surface area contributed by atoms with Crippen LogP contribution in [0.3, 0.4) is 0 Å². The summed E-state index contributed by atoms with van der Waals surface area (Å²) in [5, 5.41) is 14.5. The third kappa shape index (κ3) is 3.99. The Hall–Kier alpha value is -1.37. The quantitative estimate of drug-likeness (QED) is 0.637. The first-order valence-corrected chi connectivity index (χ1v) is 8.32. The van der Waals surface area contributed by atoms with Crippen molar-refractivity contribution in [2.24, 2.45) is 5.41 Å². The normalized spacial score (nSPS) is 19.6. The third-order valence-electron chi connectivity index (χ3n) is 5.12. The summed E-state index contributed by atoms with van der Waals surface area (Å²) in [6, 6.07) is 4.08. The number of hydrogen-bond acceptors (Lipinski definition) is 4. The number of hydrogen-bond donors (Lipinski definition) is 1. The number of rotatable bonds is 2. The van der Waals surface area contributed by atoms with E-state index in [9.17, 15) is 14.9 Å². The Bertz CT molecular complexity index is 623. The number of amides is 1. The Labute approximate surface area is 152 Å². The van der Waals surface area contributed by atoms with Gasteiger partial charge in [0.25, 0.3) is 11.6 Å². The molecule has 24 heavy (non-hydrogen) atoms. The van der Waals surface area contributed by atoms with E-state index in [1.54, 1.807) is 4.90 Å². The van der Waals surface area contributed by atoms with E-state index in [4.69, 9.17) is 11.6 Å². The number of benzene rings is 1. The molecule has 0 unspecified atom stereocenters. The van der Waals surface area contributed by atoms with Crippen molar-refractivity contribution >= 4 is 35.6 Å². The van der Waals surface area contributed by atoms with Gasteiger partial charge in [-0.3, -0.25) is 14.9 Å². The molecule has 3 rings (SSSR count). The maximum Gasteiger partial charge on any atom is 0.271 e. The fourth-order valence-corrected chi connectivity index (χ4v) is 3.86. The molecule has 2 fully saturated rings. The van der Waals surface area contributed by atoms with Gasteiger partial charge in [-0.05, 0) is 50.3 Å². The zero-order chi connectivity index (χ0) is 16.4. The van der Waals surface area contributed by atoms with Gasteiger partial charge in [-0.15, -0.1) is 12.4 Å². The molecule has 0 atom stereocenters. The van der Waals surface area contributed by atoms with Gasteiger partial charge in [0.05, 0.1) is 4.92 Å². The lowest BCUT2D eigenvalue weighted by Crippen LogP contribution is -2.47. The molecule has 1 aromatic carbocycles. The van der Waals surface area contributed by atoms with E-state index in [1.807, 2.05) is 0 Å². The minimum Gasteiger partial charge on any atom is -0.339 e. The first kappa shape index (κ1) is 19.0. The van der Waals surface area contributed by atoms with Crippen molar-refractivity contribution in [1.29, 1.82) is 0 Å². The van der Waals surface area contributed by atoms with Gasteiger partial charge in [0, 0.05) is 35.8 Å². The summed E-state index contributed by atoms with van der Waals surface area (Å²) in [6.45, 7) is 3.52. The van der Waals surface area contributed by atoms with Crippen LogP contribution in [0.25, 0.3) is 0 Å². The Morgan fingerprint density at radius 2 is 1.79 bits per heavy atom. The summed E-state index contributed by atoms with van der Waals surface area (Å²) in [5.41, 5.74) is 0.515. The van der Waals surface area contributed by atoms with Crippen LogP contribution in [-0.4, -0.2) is 41.9 Å². The number of carbonyl (C=O) groups excluding carboxylic acids is 1. The standard InChI is InChI=1S/C16H20ClN3O3.ClH/c17-13-9-12(10-14(11-13)20(22)23)15(21)19-7-3-16(4-8-19)1-5-18-6-2-16;/h9-11,18H,1-8H2;1H. The smallest absolute Gasteiger partial charge is 0.271 e. The van der Waals surface area contributed by atoms with E-state index in [-0.39, 0.29) is 29.0 Å². The summed E-state index contributed by atoms with van der Waals surface area (Å²) >= 11 is 5.91. The first-order valence-electron chi connectivity index (χ1n) is 7.94. The second-order valence-corrected chi connectivity index (χ2v) is 6.93. The predicted molar refractivity (Wildman–Crippen MR) is 95.0 cm³/mol. The number of nitrogens with one attached hydrogen (secondary N) is 1.